The Hall–Kier alpha value is -1.06. The summed E-state index contributed by atoms with van der Waals surface area (Å²) in [6.45, 7) is 4.62. The summed E-state index contributed by atoms with van der Waals surface area (Å²) in [5.74, 6) is 1.10. The summed E-state index contributed by atoms with van der Waals surface area (Å²) in [5, 5.41) is 3.20. The molecule has 3 aliphatic rings. The first kappa shape index (κ1) is 17.8. The van der Waals surface area contributed by atoms with E-state index in [9.17, 15) is 9.59 Å². The smallest absolute Gasteiger partial charge is 0.225 e. The zero-order valence-electron chi connectivity index (χ0n) is 15.3. The fourth-order valence-corrected chi connectivity index (χ4v) is 4.77. The number of hydrogen-bond acceptors (Lipinski definition) is 2. The van der Waals surface area contributed by atoms with Crippen LogP contribution >= 0.6 is 0 Å². The second kappa shape index (κ2) is 7.88. The molecular weight excluding hydrogens is 300 g/mol. The number of carbonyl (C=O) groups is 2. The Bertz CT molecular complexity index is 453. The van der Waals surface area contributed by atoms with Gasteiger partial charge < -0.3 is 10.2 Å². The van der Waals surface area contributed by atoms with Gasteiger partial charge in [-0.2, -0.15) is 0 Å². The van der Waals surface area contributed by atoms with E-state index in [0.717, 1.165) is 51.7 Å². The molecule has 2 amide bonds. The van der Waals surface area contributed by atoms with Gasteiger partial charge in [0.15, 0.2) is 0 Å². The van der Waals surface area contributed by atoms with Crippen molar-refractivity contribution in [3.63, 3.8) is 0 Å². The minimum Gasteiger partial charge on any atom is -0.355 e. The van der Waals surface area contributed by atoms with Crippen LogP contribution in [0.5, 0.6) is 0 Å². The molecule has 0 radical (unpaired) electrons. The van der Waals surface area contributed by atoms with Gasteiger partial charge in [-0.1, -0.05) is 45.4 Å². The summed E-state index contributed by atoms with van der Waals surface area (Å²) in [4.78, 5) is 27.2. The van der Waals surface area contributed by atoms with Crippen molar-refractivity contribution >= 4 is 11.8 Å². The van der Waals surface area contributed by atoms with Crippen LogP contribution in [0.4, 0.5) is 0 Å². The average molecular weight is 335 g/mol. The summed E-state index contributed by atoms with van der Waals surface area (Å²) in [6.07, 6.45) is 12.6. The quantitative estimate of drug-likeness (QED) is 0.855. The molecule has 4 heteroatoms. The third kappa shape index (κ3) is 4.31. The monoisotopic (exact) mass is 334 g/mol. The highest BCUT2D eigenvalue weighted by Crippen LogP contribution is 2.33. The van der Waals surface area contributed by atoms with E-state index in [1.54, 1.807) is 0 Å². The molecule has 1 atom stereocenters. The zero-order valence-corrected chi connectivity index (χ0v) is 15.3. The molecule has 3 fully saturated rings. The number of carbonyl (C=O) groups excluding carboxylic acids is 2. The standard InChI is InChI=1S/C20H34N2O2/c1-20(14-21-18(23)16-8-4-2-5-9-16)12-13-22(15-20)19(24)17-10-6-3-7-11-17/h16-17H,2-15H2,1H3,(H,21,23)/t20-/m1/s1. The summed E-state index contributed by atoms with van der Waals surface area (Å²) >= 11 is 0. The fraction of sp³-hybridized carbons (Fsp3) is 0.900. The summed E-state index contributed by atoms with van der Waals surface area (Å²) in [6, 6.07) is 0. The van der Waals surface area contributed by atoms with Gasteiger partial charge in [0.2, 0.25) is 11.8 Å². The Kier molecular flexibility index (Phi) is 5.83. The lowest BCUT2D eigenvalue weighted by Crippen LogP contribution is -2.42. The van der Waals surface area contributed by atoms with Gasteiger partial charge >= 0.3 is 0 Å². The molecule has 0 aromatic carbocycles. The maximum atomic E-state index is 12.7. The third-order valence-electron chi connectivity index (χ3n) is 6.49. The van der Waals surface area contributed by atoms with Gasteiger partial charge in [-0.25, -0.2) is 0 Å². The first-order valence-electron chi connectivity index (χ1n) is 10.1. The molecule has 3 rings (SSSR count). The zero-order chi connectivity index (χ0) is 17.0. The van der Waals surface area contributed by atoms with Crippen molar-refractivity contribution in [2.75, 3.05) is 19.6 Å². The van der Waals surface area contributed by atoms with E-state index in [1.807, 2.05) is 0 Å². The molecule has 1 aliphatic heterocycles. The Morgan fingerprint density at radius 2 is 1.54 bits per heavy atom. The van der Waals surface area contributed by atoms with Gasteiger partial charge in [0, 0.05) is 36.9 Å². The summed E-state index contributed by atoms with van der Waals surface area (Å²) in [7, 11) is 0. The van der Waals surface area contributed by atoms with E-state index in [-0.39, 0.29) is 23.2 Å². The Labute approximate surface area is 146 Å². The van der Waals surface area contributed by atoms with Crippen LogP contribution in [0, 0.1) is 17.3 Å². The molecule has 0 unspecified atom stereocenters. The molecule has 1 heterocycles. The highest BCUT2D eigenvalue weighted by molar-refractivity contribution is 5.80. The van der Waals surface area contributed by atoms with E-state index in [2.05, 4.69) is 17.1 Å². The number of likely N-dealkylation sites (tertiary alicyclic amines) is 1. The first-order chi connectivity index (χ1) is 11.6. The lowest BCUT2D eigenvalue weighted by molar-refractivity contribution is -0.135. The second-order valence-corrected chi connectivity index (χ2v) is 8.71. The van der Waals surface area contributed by atoms with Crippen molar-refractivity contribution in [3.8, 4) is 0 Å². The third-order valence-corrected chi connectivity index (χ3v) is 6.49. The van der Waals surface area contributed by atoms with E-state index in [1.165, 1.54) is 38.5 Å². The van der Waals surface area contributed by atoms with Crippen molar-refractivity contribution in [1.82, 2.24) is 10.2 Å². The molecule has 2 saturated carbocycles. The summed E-state index contributed by atoms with van der Waals surface area (Å²) in [5.41, 5.74) is 0.0503. The van der Waals surface area contributed by atoms with Gasteiger partial charge in [0.05, 0.1) is 0 Å². The molecular formula is C20H34N2O2. The van der Waals surface area contributed by atoms with Crippen LogP contribution in [-0.2, 0) is 9.59 Å². The van der Waals surface area contributed by atoms with Gasteiger partial charge in [-0.05, 0) is 32.1 Å². The van der Waals surface area contributed by atoms with Gasteiger partial charge in [-0.15, -0.1) is 0 Å². The van der Waals surface area contributed by atoms with Crippen molar-refractivity contribution < 1.29 is 9.59 Å². The second-order valence-electron chi connectivity index (χ2n) is 8.71. The predicted octanol–water partition coefficient (Wildman–Crippen LogP) is 3.50. The molecule has 0 spiro atoms. The van der Waals surface area contributed by atoms with Crippen LogP contribution < -0.4 is 5.32 Å². The van der Waals surface area contributed by atoms with Gasteiger partial charge in [-0.3, -0.25) is 9.59 Å². The molecule has 0 aromatic rings. The maximum Gasteiger partial charge on any atom is 0.225 e. The van der Waals surface area contributed by atoms with Crippen LogP contribution in [0.15, 0.2) is 0 Å². The average Bonchev–Trinajstić information content (AvgIpc) is 3.03. The molecule has 1 N–H and O–H groups in total. The number of amides is 2. The van der Waals surface area contributed by atoms with E-state index < -0.39 is 0 Å². The van der Waals surface area contributed by atoms with Gasteiger partial charge in [0.1, 0.15) is 0 Å². The number of rotatable bonds is 4. The van der Waals surface area contributed by atoms with E-state index >= 15 is 0 Å². The van der Waals surface area contributed by atoms with Crippen LogP contribution in [-0.4, -0.2) is 36.3 Å². The van der Waals surface area contributed by atoms with Crippen LogP contribution in [0.2, 0.25) is 0 Å². The van der Waals surface area contributed by atoms with Crippen molar-refractivity contribution in [2.45, 2.75) is 77.6 Å². The molecule has 24 heavy (non-hydrogen) atoms. The molecule has 4 nitrogen and oxygen atoms in total. The molecule has 136 valence electrons. The van der Waals surface area contributed by atoms with Gasteiger partial charge in [0.25, 0.3) is 0 Å². The Morgan fingerprint density at radius 1 is 0.958 bits per heavy atom. The number of hydrogen-bond donors (Lipinski definition) is 1. The van der Waals surface area contributed by atoms with Crippen molar-refractivity contribution in [3.05, 3.63) is 0 Å². The largest absolute Gasteiger partial charge is 0.355 e. The first-order valence-corrected chi connectivity index (χ1v) is 10.1. The van der Waals surface area contributed by atoms with E-state index in [0.29, 0.717) is 5.91 Å². The molecule has 0 aromatic heterocycles. The Morgan fingerprint density at radius 3 is 2.17 bits per heavy atom. The van der Waals surface area contributed by atoms with Crippen molar-refractivity contribution in [2.24, 2.45) is 17.3 Å². The number of nitrogens with one attached hydrogen (secondary N) is 1. The van der Waals surface area contributed by atoms with Crippen LogP contribution in [0.3, 0.4) is 0 Å². The molecule has 0 bridgehead atoms. The molecule has 1 saturated heterocycles. The highest BCUT2D eigenvalue weighted by atomic mass is 16.2. The fourth-order valence-electron chi connectivity index (χ4n) is 4.77. The lowest BCUT2D eigenvalue weighted by Gasteiger charge is -2.29. The normalized spacial score (nSPS) is 29.6. The molecule has 2 aliphatic carbocycles. The SMILES string of the molecule is C[C@]1(CNC(=O)C2CCCCC2)CCN(C(=O)C2CCCCC2)C1. The predicted molar refractivity (Wildman–Crippen MR) is 95.5 cm³/mol. The Balaban J connectivity index is 1.46. The maximum absolute atomic E-state index is 12.7. The van der Waals surface area contributed by atoms with Crippen molar-refractivity contribution in [1.29, 1.82) is 0 Å². The van der Waals surface area contributed by atoms with Crippen LogP contribution in [0.25, 0.3) is 0 Å². The minimum atomic E-state index is 0.0503. The van der Waals surface area contributed by atoms with Crippen LogP contribution in [0.1, 0.15) is 77.6 Å². The summed E-state index contributed by atoms with van der Waals surface area (Å²) < 4.78 is 0. The lowest BCUT2D eigenvalue weighted by atomic mass is 9.86. The minimum absolute atomic E-state index is 0.0503. The topological polar surface area (TPSA) is 49.4 Å². The van der Waals surface area contributed by atoms with E-state index in [4.69, 9.17) is 0 Å². The number of nitrogens with zero attached hydrogens (tertiary/aromatic N) is 1. The highest BCUT2D eigenvalue weighted by Gasteiger charge is 2.38.